The average Bonchev–Trinajstić information content (AvgIpc) is 3.14. The van der Waals surface area contributed by atoms with E-state index in [2.05, 4.69) is 9.88 Å². The SMILES string of the molecule is O=C(O)c1coc(CN(Cc2cccc(Cl)c2)CC2CC2)n1. The van der Waals surface area contributed by atoms with Crippen LogP contribution in [-0.4, -0.2) is 27.5 Å². The summed E-state index contributed by atoms with van der Waals surface area (Å²) in [5.74, 6) is 0.0757. The zero-order valence-corrected chi connectivity index (χ0v) is 12.8. The fourth-order valence-corrected chi connectivity index (χ4v) is 2.63. The van der Waals surface area contributed by atoms with Crippen LogP contribution in [0.4, 0.5) is 0 Å². The van der Waals surface area contributed by atoms with Crippen LogP contribution in [0.15, 0.2) is 34.9 Å². The lowest BCUT2D eigenvalue weighted by Crippen LogP contribution is -2.25. The minimum atomic E-state index is -1.07. The number of carboxylic acid groups (broad SMARTS) is 1. The zero-order valence-electron chi connectivity index (χ0n) is 12.0. The summed E-state index contributed by atoms with van der Waals surface area (Å²) in [7, 11) is 0. The molecule has 0 spiro atoms. The van der Waals surface area contributed by atoms with E-state index in [4.69, 9.17) is 21.1 Å². The first-order valence-corrected chi connectivity index (χ1v) is 7.62. The Bertz CT molecular complexity index is 667. The Morgan fingerprint density at radius 1 is 1.41 bits per heavy atom. The van der Waals surface area contributed by atoms with E-state index in [0.717, 1.165) is 18.7 Å². The average molecular weight is 321 g/mol. The van der Waals surface area contributed by atoms with E-state index in [9.17, 15) is 4.79 Å². The maximum atomic E-state index is 10.9. The van der Waals surface area contributed by atoms with Gasteiger partial charge in [-0.25, -0.2) is 9.78 Å². The van der Waals surface area contributed by atoms with E-state index >= 15 is 0 Å². The molecule has 0 saturated heterocycles. The number of benzene rings is 1. The molecule has 1 fully saturated rings. The van der Waals surface area contributed by atoms with Gasteiger partial charge in [0.05, 0.1) is 6.54 Å². The molecule has 0 atom stereocenters. The Labute approximate surface area is 133 Å². The van der Waals surface area contributed by atoms with Crippen molar-refractivity contribution >= 4 is 17.6 Å². The summed E-state index contributed by atoms with van der Waals surface area (Å²) in [4.78, 5) is 17.1. The van der Waals surface area contributed by atoms with Crippen LogP contribution in [0.1, 0.15) is 34.8 Å². The van der Waals surface area contributed by atoms with Crippen LogP contribution in [0.2, 0.25) is 5.02 Å². The first-order valence-electron chi connectivity index (χ1n) is 7.24. The number of carboxylic acids is 1. The van der Waals surface area contributed by atoms with Crippen LogP contribution < -0.4 is 0 Å². The molecule has 0 radical (unpaired) electrons. The van der Waals surface area contributed by atoms with Crippen LogP contribution in [0, 0.1) is 5.92 Å². The predicted octanol–water partition coefficient (Wildman–Crippen LogP) is 3.44. The summed E-state index contributed by atoms with van der Waals surface area (Å²) in [5.41, 5.74) is 1.07. The predicted molar refractivity (Wildman–Crippen MR) is 81.8 cm³/mol. The summed E-state index contributed by atoms with van der Waals surface area (Å²) in [5, 5.41) is 9.62. The van der Waals surface area contributed by atoms with Gasteiger partial charge >= 0.3 is 5.97 Å². The molecule has 5 nitrogen and oxygen atoms in total. The molecule has 22 heavy (non-hydrogen) atoms. The van der Waals surface area contributed by atoms with Crippen molar-refractivity contribution in [2.45, 2.75) is 25.9 Å². The van der Waals surface area contributed by atoms with Crippen molar-refractivity contribution in [2.75, 3.05) is 6.54 Å². The highest BCUT2D eigenvalue weighted by Gasteiger charge is 2.25. The molecule has 0 unspecified atom stereocenters. The minimum absolute atomic E-state index is 0.0517. The van der Waals surface area contributed by atoms with Crippen molar-refractivity contribution in [1.82, 2.24) is 9.88 Å². The Kier molecular flexibility index (Phi) is 4.45. The van der Waals surface area contributed by atoms with Gasteiger partial charge in [0.15, 0.2) is 5.69 Å². The molecule has 2 aromatic rings. The fraction of sp³-hybridized carbons (Fsp3) is 0.375. The monoisotopic (exact) mass is 320 g/mol. The van der Waals surface area contributed by atoms with Crippen LogP contribution >= 0.6 is 11.6 Å². The maximum Gasteiger partial charge on any atom is 0.357 e. The number of aromatic nitrogens is 1. The van der Waals surface area contributed by atoms with E-state index in [1.54, 1.807) is 0 Å². The molecule has 0 amide bonds. The zero-order chi connectivity index (χ0) is 15.5. The summed E-state index contributed by atoms with van der Waals surface area (Å²) >= 11 is 6.03. The molecule has 1 aromatic carbocycles. The summed E-state index contributed by atoms with van der Waals surface area (Å²) < 4.78 is 5.26. The molecule has 1 aromatic heterocycles. The third-order valence-electron chi connectivity index (χ3n) is 3.64. The molecule has 1 heterocycles. The molecule has 1 aliphatic carbocycles. The van der Waals surface area contributed by atoms with Crippen LogP contribution in [-0.2, 0) is 13.1 Å². The van der Waals surface area contributed by atoms with Gasteiger partial charge in [0.1, 0.15) is 6.26 Å². The van der Waals surface area contributed by atoms with Crippen LogP contribution in [0.3, 0.4) is 0 Å². The van der Waals surface area contributed by atoms with Crippen molar-refractivity contribution in [3.05, 3.63) is 52.7 Å². The van der Waals surface area contributed by atoms with Crippen molar-refractivity contribution in [1.29, 1.82) is 0 Å². The van der Waals surface area contributed by atoms with Gasteiger partial charge in [-0.3, -0.25) is 4.90 Å². The molecule has 116 valence electrons. The Balaban J connectivity index is 1.69. The van der Waals surface area contributed by atoms with Crippen LogP contribution in [0.25, 0.3) is 0 Å². The van der Waals surface area contributed by atoms with Gasteiger partial charge in [0, 0.05) is 18.1 Å². The Morgan fingerprint density at radius 3 is 2.86 bits per heavy atom. The first kappa shape index (κ1) is 15.1. The van der Waals surface area contributed by atoms with Crippen LogP contribution in [0.5, 0.6) is 0 Å². The summed E-state index contributed by atoms with van der Waals surface area (Å²) in [6.45, 7) is 2.19. The summed E-state index contributed by atoms with van der Waals surface area (Å²) in [6.07, 6.45) is 3.68. The van der Waals surface area contributed by atoms with Gasteiger partial charge in [-0.05, 0) is 36.5 Å². The molecular formula is C16H17ClN2O3. The van der Waals surface area contributed by atoms with Crippen molar-refractivity contribution in [2.24, 2.45) is 5.92 Å². The van der Waals surface area contributed by atoms with Gasteiger partial charge in [-0.1, -0.05) is 23.7 Å². The molecule has 1 aliphatic rings. The smallest absolute Gasteiger partial charge is 0.357 e. The highest BCUT2D eigenvalue weighted by Crippen LogP contribution is 2.30. The third kappa shape index (κ3) is 4.08. The molecule has 0 aliphatic heterocycles. The molecule has 0 bridgehead atoms. The number of carbonyl (C=O) groups is 1. The maximum absolute atomic E-state index is 10.9. The van der Waals surface area contributed by atoms with Gasteiger partial charge in [0.2, 0.25) is 5.89 Å². The number of halogens is 1. The van der Waals surface area contributed by atoms with E-state index in [0.29, 0.717) is 23.4 Å². The first-order chi connectivity index (χ1) is 10.6. The number of rotatable bonds is 7. The normalized spacial score (nSPS) is 14.5. The van der Waals surface area contributed by atoms with Crippen molar-refractivity contribution < 1.29 is 14.3 Å². The van der Waals surface area contributed by atoms with E-state index in [1.165, 1.54) is 19.1 Å². The topological polar surface area (TPSA) is 66.6 Å². The number of aromatic carboxylic acids is 1. The van der Waals surface area contributed by atoms with Gasteiger partial charge in [-0.2, -0.15) is 0 Å². The second kappa shape index (κ2) is 6.50. The molecule has 1 saturated carbocycles. The molecule has 1 N–H and O–H groups in total. The van der Waals surface area contributed by atoms with E-state index in [-0.39, 0.29) is 5.69 Å². The van der Waals surface area contributed by atoms with Crippen molar-refractivity contribution in [3.63, 3.8) is 0 Å². The van der Waals surface area contributed by atoms with Crippen molar-refractivity contribution in [3.8, 4) is 0 Å². The Morgan fingerprint density at radius 2 is 2.23 bits per heavy atom. The quantitative estimate of drug-likeness (QED) is 0.846. The number of oxazole rings is 1. The lowest BCUT2D eigenvalue weighted by molar-refractivity contribution is 0.0690. The third-order valence-corrected chi connectivity index (χ3v) is 3.87. The van der Waals surface area contributed by atoms with Gasteiger partial charge in [-0.15, -0.1) is 0 Å². The lowest BCUT2D eigenvalue weighted by Gasteiger charge is -2.20. The van der Waals surface area contributed by atoms with Gasteiger partial charge < -0.3 is 9.52 Å². The molecule has 6 heteroatoms. The Hall–Kier alpha value is -1.85. The fourth-order valence-electron chi connectivity index (χ4n) is 2.42. The minimum Gasteiger partial charge on any atom is -0.476 e. The summed E-state index contributed by atoms with van der Waals surface area (Å²) in [6, 6.07) is 7.76. The van der Waals surface area contributed by atoms with Gasteiger partial charge in [0.25, 0.3) is 0 Å². The second-order valence-corrected chi connectivity index (χ2v) is 6.11. The lowest BCUT2D eigenvalue weighted by atomic mass is 10.2. The number of hydrogen-bond acceptors (Lipinski definition) is 4. The standard InChI is InChI=1S/C16H17ClN2O3/c17-13-3-1-2-12(6-13)8-19(7-11-4-5-11)9-15-18-14(10-22-15)16(20)21/h1-3,6,10-11H,4-5,7-9H2,(H,20,21). The largest absolute Gasteiger partial charge is 0.476 e. The highest BCUT2D eigenvalue weighted by molar-refractivity contribution is 6.30. The molecular weight excluding hydrogens is 304 g/mol. The number of hydrogen-bond donors (Lipinski definition) is 1. The van der Waals surface area contributed by atoms with E-state index in [1.807, 2.05) is 24.3 Å². The molecule has 3 rings (SSSR count). The highest BCUT2D eigenvalue weighted by atomic mass is 35.5. The second-order valence-electron chi connectivity index (χ2n) is 5.67. The number of nitrogens with zero attached hydrogens (tertiary/aromatic N) is 2. The van der Waals surface area contributed by atoms with E-state index < -0.39 is 5.97 Å².